The Kier molecular flexibility index (Phi) is 11.3. The molecule has 0 spiro atoms. The van der Waals surface area contributed by atoms with E-state index in [1.54, 1.807) is 0 Å². The van der Waals surface area contributed by atoms with Crippen LogP contribution in [0, 0.1) is 11.6 Å². The van der Waals surface area contributed by atoms with Crippen LogP contribution in [0.2, 0.25) is 10.3 Å². The molecule has 0 aliphatic carbocycles. The number of morpholine rings is 2. The van der Waals surface area contributed by atoms with Gasteiger partial charge in [0.2, 0.25) is 0 Å². The molecular formula is C20H22Cl2F2N4O5. The number of carbonyl (C=O) groups excluding carboxylic acids is 1. The summed E-state index contributed by atoms with van der Waals surface area (Å²) in [7, 11) is 0. The molecule has 4 rings (SSSR count). The molecule has 2 fully saturated rings. The number of nitrogens with one attached hydrogen (secondary N) is 1. The summed E-state index contributed by atoms with van der Waals surface area (Å²) in [5, 5.41) is 11.6. The van der Waals surface area contributed by atoms with Crippen LogP contribution >= 0.6 is 23.2 Å². The maximum absolute atomic E-state index is 13.4. The van der Waals surface area contributed by atoms with Crippen LogP contribution in [0.1, 0.15) is 21.0 Å². The van der Waals surface area contributed by atoms with Gasteiger partial charge >= 0.3 is 5.97 Å². The third kappa shape index (κ3) is 9.14. The number of carboxylic acid groups (broad SMARTS) is 1. The van der Waals surface area contributed by atoms with E-state index < -0.39 is 29.2 Å². The maximum atomic E-state index is 13.4. The highest BCUT2D eigenvalue weighted by molar-refractivity contribution is 6.29. The zero-order chi connectivity index (χ0) is 24.2. The van der Waals surface area contributed by atoms with Crippen molar-refractivity contribution in [3.63, 3.8) is 0 Å². The molecule has 33 heavy (non-hydrogen) atoms. The molecule has 9 nitrogen and oxygen atoms in total. The largest absolute Gasteiger partial charge is 0.476 e. The number of halogens is 4. The van der Waals surface area contributed by atoms with E-state index in [1.807, 2.05) is 0 Å². The number of rotatable bonds is 2. The predicted molar refractivity (Wildman–Crippen MR) is 116 cm³/mol. The summed E-state index contributed by atoms with van der Waals surface area (Å²) in [5.41, 5.74) is -0.882. The molecule has 2 aromatic heterocycles. The molecule has 2 N–H and O–H groups in total. The van der Waals surface area contributed by atoms with Crippen LogP contribution in [-0.2, 0) is 9.47 Å². The zero-order valence-electron chi connectivity index (χ0n) is 17.4. The van der Waals surface area contributed by atoms with E-state index in [-0.39, 0.29) is 16.0 Å². The van der Waals surface area contributed by atoms with Gasteiger partial charge in [0, 0.05) is 26.2 Å². The minimum Gasteiger partial charge on any atom is -0.476 e. The topological polar surface area (TPSA) is 114 Å². The molecule has 0 atom stereocenters. The van der Waals surface area contributed by atoms with Crippen LogP contribution in [0.4, 0.5) is 8.78 Å². The van der Waals surface area contributed by atoms with E-state index in [1.165, 1.54) is 17.0 Å². The summed E-state index contributed by atoms with van der Waals surface area (Å²) in [6.45, 7) is 5.67. The Bertz CT molecular complexity index is 933. The van der Waals surface area contributed by atoms with Crippen molar-refractivity contribution in [3.8, 4) is 0 Å². The Labute approximate surface area is 198 Å². The number of amides is 1. The van der Waals surface area contributed by atoms with Gasteiger partial charge in [-0.1, -0.05) is 23.2 Å². The first-order chi connectivity index (χ1) is 15.8. The second-order valence-corrected chi connectivity index (χ2v) is 7.28. The van der Waals surface area contributed by atoms with Crippen LogP contribution < -0.4 is 5.32 Å². The number of aromatic nitrogens is 2. The van der Waals surface area contributed by atoms with Gasteiger partial charge in [0.05, 0.1) is 26.4 Å². The molecule has 0 aromatic carbocycles. The van der Waals surface area contributed by atoms with Crippen molar-refractivity contribution in [1.82, 2.24) is 20.2 Å². The molecule has 2 saturated heterocycles. The van der Waals surface area contributed by atoms with Crippen LogP contribution in [0.3, 0.4) is 0 Å². The second-order valence-electron chi connectivity index (χ2n) is 6.50. The molecule has 2 aliphatic rings. The molecule has 4 heterocycles. The Morgan fingerprint density at radius 1 is 0.879 bits per heavy atom. The summed E-state index contributed by atoms with van der Waals surface area (Å²) in [4.78, 5) is 30.6. The zero-order valence-corrected chi connectivity index (χ0v) is 18.9. The first kappa shape index (κ1) is 26.8. The van der Waals surface area contributed by atoms with Crippen molar-refractivity contribution in [1.29, 1.82) is 0 Å². The van der Waals surface area contributed by atoms with Gasteiger partial charge in [0.25, 0.3) is 5.91 Å². The fourth-order valence-electron chi connectivity index (χ4n) is 2.57. The third-order valence-corrected chi connectivity index (χ3v) is 4.59. The Balaban J connectivity index is 0.000000195. The van der Waals surface area contributed by atoms with Crippen molar-refractivity contribution in [2.75, 3.05) is 52.6 Å². The second kappa shape index (κ2) is 14.0. The average molecular weight is 507 g/mol. The number of carbonyl (C=O) groups is 2. The SMILES string of the molecule is C1COCCN1.O=C(O)c1nc(Cl)ccc1F.O=C(c1nc(Cl)ccc1F)N1CCOCC1. The summed E-state index contributed by atoms with van der Waals surface area (Å²) in [5.74, 6) is -3.41. The molecule has 1 amide bonds. The number of ether oxygens (including phenoxy) is 2. The lowest BCUT2D eigenvalue weighted by Crippen LogP contribution is -2.41. The van der Waals surface area contributed by atoms with Crippen molar-refractivity contribution in [2.24, 2.45) is 0 Å². The van der Waals surface area contributed by atoms with Gasteiger partial charge in [-0.25, -0.2) is 23.5 Å². The third-order valence-electron chi connectivity index (χ3n) is 4.17. The maximum Gasteiger partial charge on any atom is 0.357 e. The Hall–Kier alpha value is -2.44. The molecule has 2 aliphatic heterocycles. The molecule has 0 unspecified atom stereocenters. The smallest absolute Gasteiger partial charge is 0.357 e. The number of aromatic carboxylic acids is 1. The minimum atomic E-state index is -1.43. The van der Waals surface area contributed by atoms with Gasteiger partial charge in [-0.15, -0.1) is 0 Å². The van der Waals surface area contributed by atoms with Gasteiger partial charge in [-0.2, -0.15) is 0 Å². The van der Waals surface area contributed by atoms with Gasteiger partial charge in [0.15, 0.2) is 23.0 Å². The van der Waals surface area contributed by atoms with E-state index in [9.17, 15) is 18.4 Å². The van der Waals surface area contributed by atoms with E-state index in [0.29, 0.717) is 26.3 Å². The van der Waals surface area contributed by atoms with Crippen molar-refractivity contribution in [3.05, 3.63) is 57.6 Å². The minimum absolute atomic E-state index is 0.0381. The van der Waals surface area contributed by atoms with E-state index in [2.05, 4.69) is 15.3 Å². The van der Waals surface area contributed by atoms with Crippen LogP contribution in [0.5, 0.6) is 0 Å². The summed E-state index contributed by atoms with van der Waals surface area (Å²) in [6.07, 6.45) is 0. The molecule has 0 bridgehead atoms. The molecule has 13 heteroatoms. The van der Waals surface area contributed by atoms with Gasteiger partial charge in [-0.3, -0.25) is 4.79 Å². The Morgan fingerprint density at radius 3 is 1.79 bits per heavy atom. The Morgan fingerprint density at radius 2 is 1.36 bits per heavy atom. The summed E-state index contributed by atoms with van der Waals surface area (Å²) in [6, 6.07) is 4.60. The van der Waals surface area contributed by atoms with Crippen molar-refractivity contribution < 1.29 is 33.0 Å². The molecule has 0 saturated carbocycles. The number of hydrogen-bond acceptors (Lipinski definition) is 7. The lowest BCUT2D eigenvalue weighted by Gasteiger charge is -2.26. The van der Waals surface area contributed by atoms with Gasteiger partial charge in [-0.05, 0) is 24.3 Å². The predicted octanol–water partition coefficient (Wildman–Crippen LogP) is 2.53. The highest BCUT2D eigenvalue weighted by Crippen LogP contribution is 2.13. The van der Waals surface area contributed by atoms with E-state index in [4.69, 9.17) is 37.8 Å². The normalized spacial score (nSPS) is 15.5. The van der Waals surface area contributed by atoms with E-state index in [0.717, 1.165) is 38.4 Å². The number of hydrogen-bond donors (Lipinski definition) is 2. The number of carboxylic acids is 1. The van der Waals surface area contributed by atoms with Gasteiger partial charge in [0.1, 0.15) is 10.3 Å². The molecule has 0 radical (unpaired) electrons. The van der Waals surface area contributed by atoms with Gasteiger partial charge < -0.3 is 24.8 Å². The first-order valence-corrected chi connectivity index (χ1v) is 10.6. The van der Waals surface area contributed by atoms with Crippen molar-refractivity contribution in [2.45, 2.75) is 0 Å². The number of nitrogens with zero attached hydrogens (tertiary/aromatic N) is 3. The molecular weight excluding hydrogens is 485 g/mol. The van der Waals surface area contributed by atoms with E-state index >= 15 is 0 Å². The highest BCUT2D eigenvalue weighted by Gasteiger charge is 2.22. The van der Waals surface area contributed by atoms with Crippen molar-refractivity contribution >= 4 is 35.1 Å². The lowest BCUT2D eigenvalue weighted by atomic mass is 10.3. The quantitative estimate of drug-likeness (QED) is 0.597. The lowest BCUT2D eigenvalue weighted by molar-refractivity contribution is 0.0295. The number of pyridine rings is 2. The van der Waals surface area contributed by atoms with Crippen LogP contribution in [0.25, 0.3) is 0 Å². The molecule has 180 valence electrons. The standard InChI is InChI=1S/C10H10ClFN2O2.C6H3ClFNO2.C4H9NO/c11-8-2-1-7(12)9(13-8)10(15)14-3-5-16-6-4-14;7-4-2-1-3(8)5(9-4)6(10)11;1-3-6-4-2-5-1/h1-2H,3-6H2;1-2H,(H,10,11);5H,1-4H2. The summed E-state index contributed by atoms with van der Waals surface area (Å²) < 4.78 is 36.0. The fourth-order valence-corrected chi connectivity index (χ4v) is 2.86. The fraction of sp³-hybridized carbons (Fsp3) is 0.400. The average Bonchev–Trinajstić information content (AvgIpc) is 2.84. The molecule has 2 aromatic rings. The first-order valence-electron chi connectivity index (χ1n) is 9.82. The highest BCUT2D eigenvalue weighted by atomic mass is 35.5. The monoisotopic (exact) mass is 506 g/mol. The summed E-state index contributed by atoms with van der Waals surface area (Å²) >= 11 is 10.9. The van der Waals surface area contributed by atoms with Crippen LogP contribution in [0.15, 0.2) is 24.3 Å². The van der Waals surface area contributed by atoms with Crippen LogP contribution in [-0.4, -0.2) is 84.5 Å².